The Labute approximate surface area is 439 Å². The van der Waals surface area contributed by atoms with Gasteiger partial charge in [-0.05, 0) is 56.6 Å². The van der Waals surface area contributed by atoms with Crippen LogP contribution < -0.4 is 11.4 Å². The first kappa shape index (κ1) is 66.5. The number of esters is 2. The van der Waals surface area contributed by atoms with Gasteiger partial charge in [0.25, 0.3) is 0 Å². The van der Waals surface area contributed by atoms with E-state index in [2.05, 4.69) is 30.1 Å². The summed E-state index contributed by atoms with van der Waals surface area (Å²) in [4.78, 5) is 73.8. The van der Waals surface area contributed by atoms with Crippen LogP contribution in [0.5, 0.6) is 0 Å². The second kappa shape index (κ2) is 39.7. The molecule has 422 valence electrons. The highest BCUT2D eigenvalue weighted by Gasteiger charge is 2.46. The largest absolute Gasteiger partial charge is 0.481 e. The first-order chi connectivity index (χ1) is 35.4. The third-order valence-corrected chi connectivity index (χ3v) is 14.7. The molecular weight excluding hydrogens is 997 g/mol. The molecule has 7 atom stereocenters. The van der Waals surface area contributed by atoms with Crippen molar-refractivity contribution in [2.75, 3.05) is 25.6 Å². The van der Waals surface area contributed by atoms with E-state index in [0.717, 1.165) is 68.0 Å². The molecule has 1 saturated heterocycles. The highest BCUT2D eigenvalue weighted by Crippen LogP contribution is 2.60. The maximum absolute atomic E-state index is 12.9. The average molecular weight is 1090 g/mol. The topological polar surface area (TPSA) is 283 Å². The number of allylic oxidation sites excluding steroid dienone is 8. The van der Waals surface area contributed by atoms with Crippen molar-refractivity contribution >= 4 is 39.2 Å². The number of carbonyl (C=O) groups is 3. The van der Waals surface area contributed by atoms with Crippen LogP contribution in [0, 0.1) is 5.92 Å². The van der Waals surface area contributed by atoms with Gasteiger partial charge in [-0.25, -0.2) is 13.9 Å². The van der Waals surface area contributed by atoms with Crippen LogP contribution in [0.1, 0.15) is 194 Å². The number of aromatic nitrogens is 2. The molecule has 0 amide bonds. The first-order valence-corrected chi connectivity index (χ1v) is 30.0. The minimum absolute atomic E-state index is 0.0251. The number of hydrogen-bond donors (Lipinski definition) is 5. The van der Waals surface area contributed by atoms with Crippen LogP contribution in [0.25, 0.3) is 0 Å². The van der Waals surface area contributed by atoms with Gasteiger partial charge >= 0.3 is 33.3 Å². The van der Waals surface area contributed by atoms with Gasteiger partial charge in [0.2, 0.25) is 0 Å². The maximum atomic E-state index is 12.9. The van der Waals surface area contributed by atoms with Gasteiger partial charge in [-0.15, -0.1) is 0 Å². The fourth-order valence-corrected chi connectivity index (χ4v) is 9.97. The van der Waals surface area contributed by atoms with Gasteiger partial charge < -0.3 is 39.9 Å². The normalized spacial score (nSPS) is 19.2. The van der Waals surface area contributed by atoms with E-state index in [1.165, 1.54) is 76.7 Å². The lowest BCUT2D eigenvalue weighted by molar-refractivity contribution is -0.161. The number of hydrogen-bond acceptors (Lipinski definition) is 16. The summed E-state index contributed by atoms with van der Waals surface area (Å²) in [5, 5.41) is 20.9. The Hall–Kier alpha value is -3.61. The number of nitrogens with two attached hydrogens (primary N) is 1. The van der Waals surface area contributed by atoms with Gasteiger partial charge in [-0.1, -0.05) is 172 Å². The lowest BCUT2D eigenvalue weighted by Crippen LogP contribution is -2.36. The summed E-state index contributed by atoms with van der Waals surface area (Å²) in [6.07, 6.45) is 33.2. The molecule has 0 aromatic carbocycles. The number of ether oxygens (including phenoxy) is 3. The number of unbranched alkanes of at least 4 members (excludes halogenated alkanes) is 17. The summed E-state index contributed by atoms with van der Waals surface area (Å²) in [6.45, 7) is 4.27. The Morgan fingerprint density at radius 3 is 1.92 bits per heavy atom. The molecule has 2 heterocycles. The monoisotopic (exact) mass is 1090 g/mol. The van der Waals surface area contributed by atoms with Crippen molar-refractivity contribution < 1.29 is 71.1 Å². The summed E-state index contributed by atoms with van der Waals surface area (Å²) in [6, 6.07) is 1.24. The summed E-state index contributed by atoms with van der Waals surface area (Å²) < 4.78 is 56.8. The predicted octanol–water partition coefficient (Wildman–Crippen LogP) is 10.8. The Morgan fingerprint density at radius 1 is 0.730 bits per heavy atom. The molecule has 1 fully saturated rings. The number of ketones is 1. The molecule has 74 heavy (non-hydrogen) atoms. The number of nitrogen functional groups attached to an aromatic ring is 1. The van der Waals surface area contributed by atoms with E-state index >= 15 is 0 Å². The molecule has 2 unspecified atom stereocenters. The standard InChI is InChI=1S/C53H89N3O16P2/c1-4-5-28-34-44(57)35-30-25-21-17-13-11-15-18-22-26-31-36-48(58)67-40-45(70-49(59)37-32-27-23-19-14-10-8-6-7-9-12-16-20-24-29-33-43(2)3)41-68-73(63,64)72-74(65,66)69-42-46-50(60)51(61)52(71-46)56-39-38-47(54)55-53(56)62/h11,13,18,21-22,25,30,35,38-39,43,45-46,50-52,60-61H,4-10,12,14-17,19-20,23-24,26-29,31-34,36-37,40-42H2,1-3H3,(H,63,64)(H,65,66)(H2,54,55,62)/b13-11-,22-18-,25-21-,35-30+/t45-,46-,50-,51-,52-/m1/s1. The molecule has 2 rings (SSSR count). The molecule has 19 nitrogen and oxygen atoms in total. The summed E-state index contributed by atoms with van der Waals surface area (Å²) in [5.41, 5.74) is 4.58. The van der Waals surface area contributed by atoms with Crippen molar-refractivity contribution in [1.29, 1.82) is 0 Å². The van der Waals surface area contributed by atoms with E-state index in [4.69, 9.17) is 29.0 Å². The molecule has 1 aromatic heterocycles. The number of phosphoric acid groups is 2. The van der Waals surface area contributed by atoms with Crippen molar-refractivity contribution in [3.8, 4) is 0 Å². The maximum Gasteiger partial charge on any atom is 0.481 e. The quantitative estimate of drug-likeness (QED) is 0.0101. The zero-order valence-corrected chi connectivity index (χ0v) is 46.1. The first-order valence-electron chi connectivity index (χ1n) is 27.0. The second-order valence-corrected chi connectivity index (χ2v) is 22.3. The minimum atomic E-state index is -5.45. The van der Waals surface area contributed by atoms with Crippen LogP contribution in [0.4, 0.5) is 5.82 Å². The molecule has 0 bridgehead atoms. The number of rotatable bonds is 44. The average Bonchev–Trinajstić information content (AvgIpc) is 3.62. The highest BCUT2D eigenvalue weighted by atomic mass is 31.3. The van der Waals surface area contributed by atoms with E-state index < -0.39 is 83.7 Å². The van der Waals surface area contributed by atoms with Crippen LogP contribution in [0.2, 0.25) is 0 Å². The molecule has 0 radical (unpaired) electrons. The Balaban J connectivity index is 1.81. The van der Waals surface area contributed by atoms with Gasteiger partial charge in [0, 0.05) is 25.5 Å². The van der Waals surface area contributed by atoms with E-state index in [0.29, 0.717) is 32.1 Å². The smallest absolute Gasteiger partial charge is 0.462 e. The number of nitrogens with zero attached hydrogens (tertiary/aromatic N) is 2. The van der Waals surface area contributed by atoms with Crippen LogP contribution >= 0.6 is 15.6 Å². The van der Waals surface area contributed by atoms with Crippen molar-refractivity contribution in [2.45, 2.75) is 218 Å². The minimum Gasteiger partial charge on any atom is -0.462 e. The zero-order chi connectivity index (χ0) is 54.5. The molecule has 1 aliphatic heterocycles. The van der Waals surface area contributed by atoms with Crippen molar-refractivity contribution in [3.63, 3.8) is 0 Å². The van der Waals surface area contributed by atoms with Crippen LogP contribution in [-0.4, -0.2) is 91.5 Å². The predicted molar refractivity (Wildman–Crippen MR) is 284 cm³/mol. The van der Waals surface area contributed by atoms with E-state index in [-0.39, 0.29) is 24.4 Å². The third-order valence-electron chi connectivity index (χ3n) is 12.1. The SMILES string of the molecule is CCCCCC(=O)/C=C/C=C\C/C=C\C/C=C\CCCC(=O)OC[C@H](COP(=O)(O)OP(=O)(O)OC[C@H]1O[C@@H](n2ccc(N)nc2=O)[C@H](O)[C@@H]1O)OC(=O)CCCCCCCCCCCCCCCCCC(C)C. The Bertz CT molecular complexity index is 2010. The van der Waals surface area contributed by atoms with Crippen LogP contribution in [0.15, 0.2) is 65.7 Å². The second-order valence-electron chi connectivity index (χ2n) is 19.2. The van der Waals surface area contributed by atoms with Gasteiger partial charge in [0.15, 0.2) is 18.1 Å². The summed E-state index contributed by atoms with van der Waals surface area (Å²) in [7, 11) is -10.9. The Morgan fingerprint density at radius 2 is 1.30 bits per heavy atom. The summed E-state index contributed by atoms with van der Waals surface area (Å²) >= 11 is 0. The van der Waals surface area contributed by atoms with Gasteiger partial charge in [-0.2, -0.15) is 9.29 Å². The Kier molecular flexibility index (Phi) is 35.7. The van der Waals surface area contributed by atoms with E-state index in [1.54, 1.807) is 12.2 Å². The molecule has 0 spiro atoms. The number of aliphatic hydroxyl groups excluding tert-OH is 2. The molecule has 1 aliphatic rings. The molecular formula is C53H89N3O16P2. The van der Waals surface area contributed by atoms with Crippen molar-refractivity contribution in [2.24, 2.45) is 5.92 Å². The highest BCUT2D eigenvalue weighted by molar-refractivity contribution is 7.61. The van der Waals surface area contributed by atoms with Gasteiger partial charge in [-0.3, -0.25) is 28.0 Å². The fraction of sp³-hybridized carbons (Fsp3) is 0.717. The van der Waals surface area contributed by atoms with Crippen LogP contribution in [-0.2, 0) is 51.1 Å². The fourth-order valence-electron chi connectivity index (χ4n) is 7.86. The molecule has 21 heteroatoms. The van der Waals surface area contributed by atoms with Crippen molar-refractivity contribution in [1.82, 2.24) is 9.55 Å². The van der Waals surface area contributed by atoms with Gasteiger partial charge in [0.05, 0.1) is 13.2 Å². The summed E-state index contributed by atoms with van der Waals surface area (Å²) in [5.74, 6) is -0.471. The lowest BCUT2D eigenvalue weighted by Gasteiger charge is -2.21. The van der Waals surface area contributed by atoms with Gasteiger partial charge in [0.1, 0.15) is 30.7 Å². The lowest BCUT2D eigenvalue weighted by atomic mass is 10.0. The van der Waals surface area contributed by atoms with E-state index in [1.807, 2.05) is 36.5 Å². The molecule has 0 aliphatic carbocycles. The molecule has 6 N–H and O–H groups in total. The number of anilines is 1. The number of aliphatic hydroxyl groups is 2. The molecule has 1 aromatic rings. The third kappa shape index (κ3) is 32.7. The van der Waals surface area contributed by atoms with E-state index in [9.17, 15) is 48.3 Å². The zero-order valence-electron chi connectivity index (χ0n) is 44.3. The van der Waals surface area contributed by atoms with Crippen molar-refractivity contribution in [3.05, 3.63) is 71.4 Å². The molecule has 0 saturated carbocycles. The van der Waals surface area contributed by atoms with Crippen LogP contribution in [0.3, 0.4) is 0 Å². The number of phosphoric ester groups is 2. The number of carbonyl (C=O) groups excluding carboxylic acids is 3.